The van der Waals surface area contributed by atoms with Crippen LogP contribution in [0, 0.1) is 41.5 Å². The molecule has 4 aromatic carbocycles. The standard InChI is InChI=1S/C32H34N6O.C30H31N5O.C29H29N5.C28H30N6/c1-22-31(23-5-3-2-4-6-23)36-32(35-22)24-9-13-37(14-10-24)29-8-12-33-28-20-26(19-27(28)29)25-7-11-34-30(21-25)38-15-17-39-18-16-38;1-3-36-28-19-23(9-13-32-28)24-17-25-26(18-24)31-14-10-27(25)35-15-11-22(12-16-35)30-33-20(2)29(34-30)21-7-5-4-6-8-21;1-19-8-9-23(18-31-19)24-16-25-26(17-24)30-13-10-27(25)34-14-11-22(12-15-34)29-32-20(2)28(33-29)21-6-4-3-5-7-21;1-18-24(17-33(3)32-18)22-15-23-25(16-22)29-12-9-26(23)34-13-10-21(11-14-34)28-30-19(2)27(31-28)20-7-5-4-6-8-20/h2-8,11-12,19,21,24H,9-10,13-18,20H2,1H3,(H,35,36);4-10,13-14,17,19,22H,3,11-12,15-16,18H2,1-2H3,(H,33,34);3-10,13,16,18,22H,11-12,14-15,17H2,1-2H3,(H,32,33);4-9,12,15,17,21H,10-11,13-14,16H2,1-3H3,(H,30,31). The van der Waals surface area contributed by atoms with E-state index in [-0.39, 0.29) is 0 Å². The minimum Gasteiger partial charge on any atom is -0.478 e. The highest BCUT2D eigenvalue weighted by Crippen LogP contribution is 2.46. The minimum atomic E-state index is 0.451. The fourth-order valence-electron chi connectivity index (χ4n) is 22.5. The van der Waals surface area contributed by atoms with Gasteiger partial charge < -0.3 is 53.9 Å². The van der Waals surface area contributed by atoms with E-state index in [4.69, 9.17) is 49.3 Å². The van der Waals surface area contributed by atoms with Gasteiger partial charge in [0.1, 0.15) is 29.1 Å². The second kappa shape index (κ2) is 41.5. The summed E-state index contributed by atoms with van der Waals surface area (Å²) in [5.74, 6) is 8.05. The second-order valence-corrected chi connectivity index (χ2v) is 39.3. The summed E-state index contributed by atoms with van der Waals surface area (Å²) < 4.78 is 13.0. The summed E-state index contributed by atoms with van der Waals surface area (Å²) in [5, 5.41) is 4.53. The summed E-state index contributed by atoms with van der Waals surface area (Å²) in [6.07, 6.45) is 37.2. The van der Waals surface area contributed by atoms with Crippen LogP contribution in [0.25, 0.3) is 91.6 Å². The molecule has 0 bridgehead atoms. The molecule has 0 unspecified atom stereocenters. The van der Waals surface area contributed by atoms with Crippen LogP contribution in [0.1, 0.15) is 207 Å². The first-order valence-corrected chi connectivity index (χ1v) is 51.2. The quantitative estimate of drug-likeness (QED) is 0.0587. The van der Waals surface area contributed by atoms with Crippen LogP contribution in [-0.2, 0) is 37.5 Å². The Morgan fingerprint density at radius 3 is 1.01 bits per heavy atom. The van der Waals surface area contributed by atoms with Crippen LogP contribution in [0.3, 0.4) is 0 Å². The topological polar surface area (TPSA) is 257 Å². The fourth-order valence-corrected chi connectivity index (χ4v) is 22.5. The van der Waals surface area contributed by atoms with Crippen molar-refractivity contribution in [3.63, 3.8) is 0 Å². The van der Waals surface area contributed by atoms with Crippen molar-refractivity contribution in [1.29, 1.82) is 0 Å². The third-order valence-corrected chi connectivity index (χ3v) is 30.1. The van der Waals surface area contributed by atoms with Crippen molar-refractivity contribution >= 4 is 75.2 Å². The largest absolute Gasteiger partial charge is 0.478 e. The molecule has 722 valence electrons. The normalized spacial score (nSPS) is 16.4. The molecule has 4 N–H and O–H groups in total. The number of morpholine rings is 1. The van der Waals surface area contributed by atoms with E-state index in [0.29, 0.717) is 36.2 Å². The van der Waals surface area contributed by atoms with E-state index in [1.165, 1.54) is 123 Å². The number of hydrogen-bond donors (Lipinski definition) is 4. The van der Waals surface area contributed by atoms with Crippen LogP contribution in [0.2, 0.25) is 0 Å². The first-order chi connectivity index (χ1) is 70.1. The first kappa shape index (κ1) is 92.7. The van der Waals surface area contributed by atoms with E-state index >= 15 is 0 Å². The molecule has 5 saturated heterocycles. The third kappa shape index (κ3) is 20.0. The molecule has 0 spiro atoms. The number of pyridine rings is 7. The van der Waals surface area contributed by atoms with Gasteiger partial charge in [0.2, 0.25) is 5.88 Å². The molecule has 16 aromatic rings. The molecule has 25 rings (SSSR count). The average molecular weight is 1890 g/mol. The summed E-state index contributed by atoms with van der Waals surface area (Å²) in [7, 11) is 1.98. The molecule has 24 nitrogen and oxygen atoms in total. The number of hydrogen-bond acceptors (Lipinski definition) is 19. The van der Waals surface area contributed by atoms with Gasteiger partial charge in [0, 0.05) is 279 Å². The van der Waals surface area contributed by atoms with E-state index in [0.717, 1.165) is 253 Å². The van der Waals surface area contributed by atoms with Crippen LogP contribution in [0.4, 0.5) is 28.6 Å². The lowest BCUT2D eigenvalue weighted by Gasteiger charge is -2.33. The lowest BCUT2D eigenvalue weighted by Crippen LogP contribution is -2.36. The zero-order valence-electron chi connectivity index (χ0n) is 83.1. The summed E-state index contributed by atoms with van der Waals surface area (Å²) in [4.78, 5) is 79.2. The Morgan fingerprint density at radius 2 is 0.671 bits per heavy atom. The Morgan fingerprint density at radius 1 is 0.336 bits per heavy atom. The van der Waals surface area contributed by atoms with E-state index in [1.54, 1.807) is 0 Å². The molecule has 143 heavy (non-hydrogen) atoms. The smallest absolute Gasteiger partial charge is 0.213 e. The van der Waals surface area contributed by atoms with Crippen molar-refractivity contribution in [2.75, 3.05) is 110 Å². The highest BCUT2D eigenvalue weighted by molar-refractivity contribution is 5.96. The van der Waals surface area contributed by atoms with Gasteiger partial charge in [-0.1, -0.05) is 127 Å². The number of nitrogens with zero attached hydrogens (tertiary/aromatic N) is 18. The summed E-state index contributed by atoms with van der Waals surface area (Å²) in [6.45, 7) is 26.7. The molecule has 24 heteroatoms. The number of aromatic amines is 4. The van der Waals surface area contributed by atoms with Crippen molar-refractivity contribution in [3.8, 4) is 50.9 Å². The predicted molar refractivity (Wildman–Crippen MR) is 575 cm³/mol. The molecule has 0 atom stereocenters. The molecule has 4 aliphatic carbocycles. The number of aromatic nitrogens is 17. The third-order valence-electron chi connectivity index (χ3n) is 30.1. The van der Waals surface area contributed by atoms with Crippen molar-refractivity contribution in [3.05, 3.63) is 356 Å². The average Bonchev–Trinajstić information content (AvgIpc) is 1.65. The van der Waals surface area contributed by atoms with E-state index in [9.17, 15) is 0 Å². The van der Waals surface area contributed by atoms with Gasteiger partial charge in [-0.05, 0) is 212 Å². The molecular formula is C119H124N22O2. The van der Waals surface area contributed by atoms with Gasteiger partial charge in [-0.15, -0.1) is 0 Å². The van der Waals surface area contributed by atoms with Gasteiger partial charge in [-0.3, -0.25) is 29.6 Å². The van der Waals surface area contributed by atoms with Crippen LogP contribution < -0.4 is 29.2 Å². The van der Waals surface area contributed by atoms with Gasteiger partial charge in [-0.25, -0.2) is 29.9 Å². The Hall–Kier alpha value is -15.3. The molecule has 9 aliphatic rings. The first-order valence-electron chi connectivity index (χ1n) is 51.2. The Labute approximate surface area is 837 Å². The van der Waals surface area contributed by atoms with Crippen LogP contribution in [0.15, 0.2) is 232 Å². The summed E-state index contributed by atoms with van der Waals surface area (Å²) in [6, 6.07) is 63.2. The molecule has 5 fully saturated rings. The van der Waals surface area contributed by atoms with Gasteiger partial charge in [-0.2, -0.15) is 5.10 Å². The molecular weight excluding hydrogens is 1770 g/mol. The Balaban J connectivity index is 0.000000109. The number of benzene rings is 4. The number of ether oxygens (including phenoxy) is 2. The van der Waals surface area contributed by atoms with Crippen molar-refractivity contribution in [2.24, 2.45) is 7.05 Å². The second-order valence-electron chi connectivity index (χ2n) is 39.3. The van der Waals surface area contributed by atoms with E-state index < -0.39 is 0 Å². The van der Waals surface area contributed by atoms with Crippen LogP contribution in [0.5, 0.6) is 5.88 Å². The van der Waals surface area contributed by atoms with Gasteiger partial charge in [0.05, 0.1) is 71.1 Å². The Bertz CT molecular complexity index is 7350. The number of aryl methyl sites for hydroxylation is 7. The molecule has 12 aromatic heterocycles. The maximum Gasteiger partial charge on any atom is 0.213 e. The summed E-state index contributed by atoms with van der Waals surface area (Å²) in [5.41, 5.74) is 40.7. The predicted octanol–water partition coefficient (Wildman–Crippen LogP) is 22.8. The number of anilines is 5. The number of allylic oxidation sites excluding steroid dienone is 4. The number of imidazole rings is 4. The molecule has 0 radical (unpaired) electrons. The number of piperidine rings is 4. The lowest BCUT2D eigenvalue weighted by atomic mass is 9.95. The van der Waals surface area contributed by atoms with Crippen molar-refractivity contribution in [2.45, 2.75) is 149 Å². The zero-order chi connectivity index (χ0) is 97.0. The van der Waals surface area contributed by atoms with E-state index in [1.807, 2.05) is 93.2 Å². The monoisotopic (exact) mass is 1890 g/mol. The molecule has 0 saturated carbocycles. The van der Waals surface area contributed by atoms with Gasteiger partial charge >= 0.3 is 0 Å². The molecule has 0 amide bonds. The highest BCUT2D eigenvalue weighted by atomic mass is 16.5. The SMILES string of the molecule is CCOc1cc(C2=Cc3c(N4CCC(c5nc(-c6ccccc6)c(C)[nH]5)CC4)ccnc3C2)ccn1.Cc1[nH]c(C2CCN(c3ccnc4c3C=C(c3ccnc(N5CCOCC5)c3)C4)CC2)nc1-c1ccccc1.Cc1ccc(C2=Cc3c(N4CCC(c5nc(-c6ccccc6)c(C)[nH]5)CC4)ccnc3C2)cn1.Cc1nn(C)cc1C1=Cc2c(N3CCC(c4nc(-c5ccccc5)c(C)[nH]4)CC3)ccnc2C1. The maximum atomic E-state index is 5.61. The van der Waals surface area contributed by atoms with Crippen molar-refractivity contribution < 1.29 is 9.47 Å². The highest BCUT2D eigenvalue weighted by Gasteiger charge is 2.35. The molecule has 5 aliphatic heterocycles. The van der Waals surface area contributed by atoms with Crippen LogP contribution >= 0.6 is 0 Å². The number of H-pyrrole nitrogens is 4. The minimum absolute atomic E-state index is 0.451. The lowest BCUT2D eigenvalue weighted by molar-refractivity contribution is 0.122. The number of nitrogens with one attached hydrogen (secondary N) is 4. The van der Waals surface area contributed by atoms with Crippen LogP contribution in [-0.4, -0.2) is 170 Å². The number of rotatable bonds is 19. The van der Waals surface area contributed by atoms with Crippen molar-refractivity contribution in [1.82, 2.24) is 84.5 Å². The van der Waals surface area contributed by atoms with Gasteiger partial charge in [0.25, 0.3) is 0 Å². The maximum absolute atomic E-state index is 5.61. The zero-order valence-corrected chi connectivity index (χ0v) is 83.1. The fraction of sp³-hybridized carbons (Fsp3) is 0.311. The molecule has 17 heterocycles. The van der Waals surface area contributed by atoms with Gasteiger partial charge in [0.15, 0.2) is 0 Å². The summed E-state index contributed by atoms with van der Waals surface area (Å²) >= 11 is 0. The number of fused-ring (bicyclic) bond motifs is 4. The Kier molecular flexibility index (Phi) is 26.9. The van der Waals surface area contributed by atoms with E-state index in [2.05, 4.69) is 287 Å².